The molecule has 0 bridgehead atoms. The Morgan fingerprint density at radius 1 is 1.12 bits per heavy atom. The number of hydrogen-bond donors (Lipinski definition) is 0. The van der Waals surface area contributed by atoms with Crippen LogP contribution in [0.1, 0.15) is 19.4 Å². The van der Waals surface area contributed by atoms with Crippen LogP contribution in [-0.2, 0) is 11.3 Å². The van der Waals surface area contributed by atoms with E-state index in [2.05, 4.69) is 51.8 Å². The van der Waals surface area contributed by atoms with Crippen LogP contribution in [0.25, 0.3) is 22.6 Å². The van der Waals surface area contributed by atoms with Crippen molar-refractivity contribution in [1.29, 1.82) is 0 Å². The number of hydrogen-bond acceptors (Lipinski definition) is 4. The van der Waals surface area contributed by atoms with E-state index in [1.54, 1.807) is 0 Å². The summed E-state index contributed by atoms with van der Waals surface area (Å²) in [7, 11) is 0. The molecule has 2 heterocycles. The number of fused-ring (bicyclic) bond motifs is 1. The zero-order valence-corrected chi connectivity index (χ0v) is 16.0. The van der Waals surface area contributed by atoms with Gasteiger partial charge in [-0.05, 0) is 49.7 Å². The van der Waals surface area contributed by atoms with Crippen molar-refractivity contribution < 1.29 is 9.15 Å². The van der Waals surface area contributed by atoms with Crippen molar-refractivity contribution in [1.82, 2.24) is 9.88 Å². The van der Waals surface area contributed by atoms with Gasteiger partial charge in [-0.2, -0.15) is 0 Å². The summed E-state index contributed by atoms with van der Waals surface area (Å²) >= 11 is 3.49. The molecule has 2 unspecified atom stereocenters. The van der Waals surface area contributed by atoms with E-state index in [4.69, 9.17) is 9.15 Å². The van der Waals surface area contributed by atoms with Crippen LogP contribution in [0.3, 0.4) is 0 Å². The first kappa shape index (κ1) is 16.8. The third-order valence-electron chi connectivity index (χ3n) is 4.42. The number of aromatic nitrogens is 1. The molecule has 25 heavy (non-hydrogen) atoms. The molecule has 3 aromatic rings. The van der Waals surface area contributed by atoms with E-state index in [1.807, 2.05) is 30.3 Å². The van der Waals surface area contributed by atoms with Crippen LogP contribution < -0.4 is 0 Å². The van der Waals surface area contributed by atoms with Crippen molar-refractivity contribution in [2.75, 3.05) is 13.1 Å². The summed E-state index contributed by atoms with van der Waals surface area (Å²) in [6.07, 6.45) is 0.560. The van der Waals surface area contributed by atoms with Gasteiger partial charge in [-0.3, -0.25) is 4.90 Å². The Morgan fingerprint density at radius 3 is 2.68 bits per heavy atom. The van der Waals surface area contributed by atoms with E-state index in [1.165, 1.54) is 5.56 Å². The lowest BCUT2D eigenvalue weighted by atomic mass is 10.1. The number of halogens is 1. The van der Waals surface area contributed by atoms with Gasteiger partial charge in [-0.1, -0.05) is 28.1 Å². The first-order valence-electron chi connectivity index (χ1n) is 8.60. The summed E-state index contributed by atoms with van der Waals surface area (Å²) in [4.78, 5) is 7.12. The maximum Gasteiger partial charge on any atom is 0.227 e. The molecule has 0 spiro atoms. The molecule has 0 saturated carbocycles. The van der Waals surface area contributed by atoms with Crippen LogP contribution in [0.2, 0.25) is 0 Å². The van der Waals surface area contributed by atoms with Crippen LogP contribution in [-0.4, -0.2) is 35.2 Å². The zero-order chi connectivity index (χ0) is 17.4. The van der Waals surface area contributed by atoms with Gasteiger partial charge < -0.3 is 9.15 Å². The van der Waals surface area contributed by atoms with Crippen LogP contribution in [0.5, 0.6) is 0 Å². The lowest BCUT2D eigenvalue weighted by Gasteiger charge is -2.35. The van der Waals surface area contributed by atoms with Gasteiger partial charge in [0.1, 0.15) is 5.52 Å². The second-order valence-corrected chi connectivity index (χ2v) is 7.70. The summed E-state index contributed by atoms with van der Waals surface area (Å²) in [5.74, 6) is 0.655. The molecule has 4 rings (SSSR count). The average molecular weight is 401 g/mol. The highest BCUT2D eigenvalue weighted by Crippen LogP contribution is 2.27. The van der Waals surface area contributed by atoms with Gasteiger partial charge >= 0.3 is 0 Å². The third kappa shape index (κ3) is 3.78. The topological polar surface area (TPSA) is 38.5 Å². The summed E-state index contributed by atoms with van der Waals surface area (Å²) in [5.41, 5.74) is 3.95. The van der Waals surface area contributed by atoms with Crippen molar-refractivity contribution >= 4 is 27.0 Å². The smallest absolute Gasteiger partial charge is 0.227 e. The lowest BCUT2D eigenvalue weighted by Crippen LogP contribution is -2.44. The summed E-state index contributed by atoms with van der Waals surface area (Å²) < 4.78 is 12.8. The molecule has 0 N–H and O–H groups in total. The fourth-order valence-electron chi connectivity index (χ4n) is 3.49. The largest absolute Gasteiger partial charge is 0.436 e. The number of oxazole rings is 1. The van der Waals surface area contributed by atoms with E-state index in [0.29, 0.717) is 5.89 Å². The highest BCUT2D eigenvalue weighted by atomic mass is 79.9. The summed E-state index contributed by atoms with van der Waals surface area (Å²) in [6.45, 7) is 7.10. The van der Waals surface area contributed by atoms with Gasteiger partial charge in [0.25, 0.3) is 0 Å². The molecule has 5 heteroatoms. The molecule has 4 nitrogen and oxygen atoms in total. The SMILES string of the molecule is CC1CN(Cc2ccc3oc(-c4cccc(Br)c4)nc3c2)CC(C)O1. The predicted octanol–water partition coefficient (Wildman–Crippen LogP) is 4.87. The average Bonchev–Trinajstić information content (AvgIpc) is 2.97. The lowest BCUT2D eigenvalue weighted by molar-refractivity contribution is -0.0704. The van der Waals surface area contributed by atoms with E-state index < -0.39 is 0 Å². The van der Waals surface area contributed by atoms with Gasteiger partial charge in [0.15, 0.2) is 5.58 Å². The number of morpholine rings is 1. The monoisotopic (exact) mass is 400 g/mol. The first-order valence-corrected chi connectivity index (χ1v) is 9.39. The summed E-state index contributed by atoms with van der Waals surface area (Å²) in [6, 6.07) is 14.3. The first-order chi connectivity index (χ1) is 12.1. The van der Waals surface area contributed by atoms with Gasteiger partial charge in [0.2, 0.25) is 5.89 Å². The molecule has 0 aliphatic carbocycles. The number of rotatable bonds is 3. The third-order valence-corrected chi connectivity index (χ3v) is 4.92. The van der Waals surface area contributed by atoms with Gasteiger partial charge in [0, 0.05) is 29.7 Å². The van der Waals surface area contributed by atoms with Crippen LogP contribution in [0, 0.1) is 0 Å². The highest BCUT2D eigenvalue weighted by Gasteiger charge is 2.22. The molecular formula is C20H21BrN2O2. The van der Waals surface area contributed by atoms with Crippen molar-refractivity contribution in [2.24, 2.45) is 0 Å². The Bertz CT molecular complexity index is 882. The minimum atomic E-state index is 0.280. The Kier molecular flexibility index (Phi) is 4.63. The number of ether oxygens (including phenoxy) is 1. The van der Waals surface area contributed by atoms with Gasteiger partial charge in [-0.15, -0.1) is 0 Å². The fourth-order valence-corrected chi connectivity index (χ4v) is 3.89. The normalized spacial score (nSPS) is 21.7. The van der Waals surface area contributed by atoms with Gasteiger partial charge in [0.05, 0.1) is 12.2 Å². The standard InChI is InChI=1S/C20H21BrN2O2/c1-13-10-23(11-14(2)24-13)12-15-6-7-19-18(8-15)22-20(25-19)16-4-3-5-17(21)9-16/h3-9,13-14H,10-12H2,1-2H3. The van der Waals surface area contributed by atoms with Gasteiger partial charge in [-0.25, -0.2) is 4.98 Å². The molecule has 1 saturated heterocycles. The minimum Gasteiger partial charge on any atom is -0.436 e. The fraction of sp³-hybridized carbons (Fsp3) is 0.350. The predicted molar refractivity (Wildman–Crippen MR) is 102 cm³/mol. The van der Waals surface area contributed by atoms with Crippen molar-refractivity contribution in [3.05, 3.63) is 52.5 Å². The Balaban J connectivity index is 1.58. The Labute approximate surface area is 155 Å². The molecular weight excluding hydrogens is 380 g/mol. The zero-order valence-electron chi connectivity index (χ0n) is 14.4. The van der Waals surface area contributed by atoms with E-state index in [9.17, 15) is 0 Å². The van der Waals surface area contributed by atoms with E-state index in [0.717, 1.165) is 40.8 Å². The van der Waals surface area contributed by atoms with E-state index in [-0.39, 0.29) is 12.2 Å². The van der Waals surface area contributed by atoms with Crippen molar-refractivity contribution in [2.45, 2.75) is 32.6 Å². The molecule has 1 aliphatic rings. The minimum absolute atomic E-state index is 0.280. The molecule has 1 aromatic heterocycles. The number of nitrogens with zero attached hydrogens (tertiary/aromatic N) is 2. The quantitative estimate of drug-likeness (QED) is 0.628. The second kappa shape index (κ2) is 6.90. The maximum atomic E-state index is 5.92. The summed E-state index contributed by atoms with van der Waals surface area (Å²) in [5, 5.41) is 0. The Morgan fingerprint density at radius 2 is 1.92 bits per heavy atom. The molecule has 130 valence electrons. The number of benzene rings is 2. The van der Waals surface area contributed by atoms with E-state index >= 15 is 0 Å². The van der Waals surface area contributed by atoms with Crippen LogP contribution >= 0.6 is 15.9 Å². The molecule has 2 atom stereocenters. The molecule has 2 aromatic carbocycles. The molecule has 0 amide bonds. The Hall–Kier alpha value is -1.69. The second-order valence-electron chi connectivity index (χ2n) is 6.78. The molecule has 1 aliphatic heterocycles. The highest BCUT2D eigenvalue weighted by molar-refractivity contribution is 9.10. The molecule has 1 fully saturated rings. The van der Waals surface area contributed by atoms with Crippen molar-refractivity contribution in [3.8, 4) is 11.5 Å². The van der Waals surface area contributed by atoms with Crippen LogP contribution in [0.15, 0.2) is 51.4 Å². The molecule has 0 radical (unpaired) electrons. The van der Waals surface area contributed by atoms with Crippen molar-refractivity contribution in [3.63, 3.8) is 0 Å². The maximum absolute atomic E-state index is 5.92. The van der Waals surface area contributed by atoms with Crippen LogP contribution in [0.4, 0.5) is 0 Å².